The summed E-state index contributed by atoms with van der Waals surface area (Å²) >= 11 is 0. The second kappa shape index (κ2) is 12.6. The Balaban J connectivity index is 1.88. The minimum Gasteiger partial charge on any atom is -0.491 e. The topological polar surface area (TPSA) is 49.9 Å². The van der Waals surface area contributed by atoms with Crippen LogP contribution in [0.2, 0.25) is 0 Å². The summed E-state index contributed by atoms with van der Waals surface area (Å²) in [5.74, 6) is 1.19. The van der Waals surface area contributed by atoms with E-state index in [0.717, 1.165) is 37.8 Å². The normalized spacial score (nSPS) is 17.9. The highest BCUT2D eigenvalue weighted by Gasteiger charge is 2.27. The monoisotopic (exact) mass is 464 g/mol. The van der Waals surface area contributed by atoms with Crippen molar-refractivity contribution in [3.05, 3.63) is 65.2 Å². The van der Waals surface area contributed by atoms with Crippen LogP contribution in [0.4, 0.5) is 0 Å². The van der Waals surface area contributed by atoms with Gasteiger partial charge in [0.05, 0.1) is 18.0 Å². The van der Waals surface area contributed by atoms with Gasteiger partial charge in [0.15, 0.2) is 0 Å². The van der Waals surface area contributed by atoms with Crippen LogP contribution in [-0.2, 0) is 11.2 Å². The molecule has 1 aliphatic rings. The van der Waals surface area contributed by atoms with Gasteiger partial charge in [-0.25, -0.2) is 0 Å². The van der Waals surface area contributed by atoms with E-state index in [4.69, 9.17) is 4.74 Å². The Hall–Kier alpha value is -2.82. The number of aryl methyl sites for hydroxylation is 1. The zero-order valence-corrected chi connectivity index (χ0v) is 21.3. The predicted molar refractivity (Wildman–Crippen MR) is 137 cm³/mol. The highest BCUT2D eigenvalue weighted by atomic mass is 16.5. The fourth-order valence-electron chi connectivity index (χ4n) is 4.73. The van der Waals surface area contributed by atoms with Gasteiger partial charge < -0.3 is 14.5 Å². The number of hydrogen-bond donors (Lipinski definition) is 0. The number of ether oxygens (including phenoxy) is 1. The summed E-state index contributed by atoms with van der Waals surface area (Å²) in [6.07, 6.45) is 4.09. The predicted octanol–water partition coefficient (Wildman–Crippen LogP) is 5.51. The Morgan fingerprint density at radius 3 is 2.56 bits per heavy atom. The lowest BCUT2D eigenvalue weighted by molar-refractivity contribution is -0.134. The van der Waals surface area contributed by atoms with Crippen molar-refractivity contribution in [2.45, 2.75) is 65.8 Å². The van der Waals surface area contributed by atoms with Gasteiger partial charge in [0.1, 0.15) is 12.4 Å². The van der Waals surface area contributed by atoms with E-state index in [2.05, 4.69) is 32.9 Å². The van der Waals surface area contributed by atoms with Gasteiger partial charge in [-0.2, -0.15) is 0 Å². The number of amides is 2. The molecule has 0 saturated heterocycles. The third-order valence-corrected chi connectivity index (χ3v) is 6.49. The molecule has 34 heavy (non-hydrogen) atoms. The summed E-state index contributed by atoms with van der Waals surface area (Å²) in [5.41, 5.74) is 2.82. The summed E-state index contributed by atoms with van der Waals surface area (Å²) < 4.78 is 6.29. The quantitative estimate of drug-likeness (QED) is 0.587. The number of benzene rings is 2. The molecule has 3 rings (SSSR count). The molecule has 0 fully saturated rings. The highest BCUT2D eigenvalue weighted by Crippen LogP contribution is 2.24. The molecule has 0 spiro atoms. The van der Waals surface area contributed by atoms with Crippen LogP contribution in [0.25, 0.3) is 0 Å². The fraction of sp³-hybridized carbons (Fsp3) is 0.517. The van der Waals surface area contributed by atoms with Crippen LogP contribution in [0, 0.1) is 12.8 Å². The number of carbonyl (C=O) groups excluding carboxylic acids is 2. The molecule has 5 heteroatoms. The summed E-state index contributed by atoms with van der Waals surface area (Å²) in [7, 11) is 0. The minimum atomic E-state index is -0.0384. The number of carbonyl (C=O) groups is 2. The lowest BCUT2D eigenvalue weighted by Gasteiger charge is -2.33. The molecular formula is C29H40N2O3. The molecule has 0 unspecified atom stereocenters. The second-order valence-electron chi connectivity index (χ2n) is 9.79. The molecule has 2 aromatic carbocycles. The molecule has 0 radical (unpaired) electrons. The summed E-state index contributed by atoms with van der Waals surface area (Å²) in [6, 6.07) is 15.6. The van der Waals surface area contributed by atoms with E-state index in [-0.39, 0.29) is 17.9 Å². The smallest absolute Gasteiger partial charge is 0.257 e. The Morgan fingerprint density at radius 2 is 1.82 bits per heavy atom. The molecule has 2 aromatic rings. The van der Waals surface area contributed by atoms with Gasteiger partial charge in [-0.05, 0) is 63.1 Å². The van der Waals surface area contributed by atoms with Crippen LogP contribution >= 0.6 is 0 Å². The molecule has 1 aliphatic heterocycles. The van der Waals surface area contributed by atoms with Gasteiger partial charge in [-0.3, -0.25) is 9.59 Å². The Kier molecular flexibility index (Phi) is 9.55. The van der Waals surface area contributed by atoms with Crippen molar-refractivity contribution < 1.29 is 14.3 Å². The lowest BCUT2D eigenvalue weighted by Crippen LogP contribution is -2.45. The first-order valence-corrected chi connectivity index (χ1v) is 12.7. The zero-order valence-electron chi connectivity index (χ0n) is 21.3. The molecule has 5 nitrogen and oxygen atoms in total. The van der Waals surface area contributed by atoms with E-state index < -0.39 is 0 Å². The van der Waals surface area contributed by atoms with E-state index in [1.54, 1.807) is 0 Å². The minimum absolute atomic E-state index is 0.0186. The van der Waals surface area contributed by atoms with E-state index in [1.807, 2.05) is 53.1 Å². The third-order valence-electron chi connectivity index (χ3n) is 6.49. The molecule has 0 N–H and O–H groups in total. The average molecular weight is 465 g/mol. The van der Waals surface area contributed by atoms with Crippen molar-refractivity contribution in [3.8, 4) is 5.75 Å². The summed E-state index contributed by atoms with van der Waals surface area (Å²) in [6.45, 7) is 10.9. The number of para-hydroxylation sites is 1. The molecule has 1 heterocycles. The first-order chi connectivity index (χ1) is 16.4. The van der Waals surface area contributed by atoms with Crippen LogP contribution in [0.1, 0.15) is 67.9 Å². The van der Waals surface area contributed by atoms with Gasteiger partial charge in [0, 0.05) is 19.6 Å². The Labute approximate surface area is 205 Å². The lowest BCUT2D eigenvalue weighted by atomic mass is 10.0. The van der Waals surface area contributed by atoms with E-state index in [1.165, 1.54) is 5.56 Å². The molecule has 184 valence electrons. The number of fused-ring (bicyclic) bond motifs is 1. The second-order valence-corrected chi connectivity index (χ2v) is 9.79. The van der Waals surface area contributed by atoms with Gasteiger partial charge in [-0.15, -0.1) is 0 Å². The Bertz CT molecular complexity index is 956. The van der Waals surface area contributed by atoms with Crippen molar-refractivity contribution in [1.82, 2.24) is 9.80 Å². The molecule has 0 aliphatic carbocycles. The number of rotatable bonds is 5. The Morgan fingerprint density at radius 1 is 1.06 bits per heavy atom. The van der Waals surface area contributed by atoms with Gasteiger partial charge in [-0.1, -0.05) is 55.8 Å². The van der Waals surface area contributed by atoms with Crippen LogP contribution in [0.15, 0.2) is 48.5 Å². The maximum absolute atomic E-state index is 13.6. The number of hydrogen-bond acceptors (Lipinski definition) is 3. The largest absolute Gasteiger partial charge is 0.491 e. The van der Waals surface area contributed by atoms with Gasteiger partial charge in [0.25, 0.3) is 5.91 Å². The zero-order chi connectivity index (χ0) is 24.5. The molecule has 0 saturated carbocycles. The molecular weight excluding hydrogens is 424 g/mol. The van der Waals surface area contributed by atoms with Crippen LogP contribution < -0.4 is 4.74 Å². The van der Waals surface area contributed by atoms with Crippen molar-refractivity contribution in [3.63, 3.8) is 0 Å². The van der Waals surface area contributed by atoms with Gasteiger partial charge in [0.2, 0.25) is 5.91 Å². The highest BCUT2D eigenvalue weighted by molar-refractivity contribution is 5.97. The molecule has 1 atom stereocenters. The van der Waals surface area contributed by atoms with Crippen LogP contribution in [0.5, 0.6) is 5.75 Å². The maximum atomic E-state index is 13.6. The third kappa shape index (κ3) is 7.09. The molecule has 2 amide bonds. The average Bonchev–Trinajstić information content (AvgIpc) is 2.81. The van der Waals surface area contributed by atoms with Crippen molar-refractivity contribution in [2.75, 3.05) is 26.2 Å². The summed E-state index contributed by atoms with van der Waals surface area (Å²) in [4.78, 5) is 30.7. The summed E-state index contributed by atoms with van der Waals surface area (Å²) in [5, 5.41) is 0. The molecule has 0 bridgehead atoms. The fourth-order valence-corrected chi connectivity index (χ4v) is 4.73. The van der Waals surface area contributed by atoms with Gasteiger partial charge >= 0.3 is 0 Å². The number of nitrogens with zero attached hydrogens (tertiary/aromatic N) is 2. The van der Waals surface area contributed by atoms with E-state index in [0.29, 0.717) is 43.3 Å². The first kappa shape index (κ1) is 25.8. The van der Waals surface area contributed by atoms with Crippen molar-refractivity contribution >= 4 is 11.8 Å². The van der Waals surface area contributed by atoms with Crippen LogP contribution in [-0.4, -0.2) is 53.9 Å². The maximum Gasteiger partial charge on any atom is 0.257 e. The van der Waals surface area contributed by atoms with E-state index in [9.17, 15) is 9.59 Å². The standard InChI is InChI=1S/C29H40N2O3/c1-5-30-16-9-6-10-17-31(28(32)20-24-13-11-12-23(4)19-24)25(18-22(2)3)21-34-27-15-8-7-14-26(27)29(30)33/h7-8,11-15,19,22,25H,5-6,9-10,16-18,20-21H2,1-4H3/t25-/m0/s1. The van der Waals surface area contributed by atoms with Crippen molar-refractivity contribution in [2.24, 2.45) is 5.92 Å². The van der Waals surface area contributed by atoms with E-state index >= 15 is 0 Å². The SMILES string of the molecule is CCN1CCCCCN(C(=O)Cc2cccc(C)c2)[C@@H](CC(C)C)COc2ccccc2C1=O. The van der Waals surface area contributed by atoms with Crippen molar-refractivity contribution in [1.29, 1.82) is 0 Å². The van der Waals surface area contributed by atoms with Crippen LogP contribution in [0.3, 0.4) is 0 Å². The first-order valence-electron chi connectivity index (χ1n) is 12.7. The molecule has 0 aromatic heterocycles.